The van der Waals surface area contributed by atoms with Crippen LogP contribution in [0.5, 0.6) is 0 Å². The van der Waals surface area contributed by atoms with Gasteiger partial charge in [0.2, 0.25) is 6.04 Å². The topological polar surface area (TPSA) is 73.3 Å². The zero-order chi connectivity index (χ0) is 13.5. The molecule has 2 atom stereocenters. The fourth-order valence-electron chi connectivity index (χ4n) is 1.88. The Morgan fingerprint density at radius 2 is 2.28 bits per heavy atom. The second-order valence-corrected chi connectivity index (χ2v) is 4.38. The largest absolute Gasteiger partial charge is 0.468 e. The van der Waals surface area contributed by atoms with E-state index in [1.807, 2.05) is 19.9 Å². The number of nitrogens with zero attached hydrogens (tertiary/aromatic N) is 1. The smallest absolute Gasteiger partial charge is 0.226 e. The predicted octanol–water partition coefficient (Wildman–Crippen LogP) is 2.95. The molecule has 0 aliphatic carbocycles. The minimum Gasteiger partial charge on any atom is -0.468 e. The molecule has 1 heterocycles. The van der Waals surface area contributed by atoms with Crippen LogP contribution in [0.1, 0.15) is 38.4 Å². The van der Waals surface area contributed by atoms with Gasteiger partial charge in [-0.2, -0.15) is 0 Å². The summed E-state index contributed by atoms with van der Waals surface area (Å²) in [4.78, 5) is 21.2. The molecule has 0 saturated carbocycles. The highest BCUT2D eigenvalue weighted by molar-refractivity contribution is 5.49. The van der Waals surface area contributed by atoms with Crippen LogP contribution in [0.25, 0.3) is 0 Å². The molecule has 0 bridgehead atoms. The number of hydrogen-bond donors (Lipinski definition) is 0. The number of nitro groups is 1. The number of hydrogen-bond acceptors (Lipinski definition) is 4. The highest BCUT2D eigenvalue weighted by Gasteiger charge is 2.32. The van der Waals surface area contributed by atoms with Crippen molar-refractivity contribution in [2.24, 2.45) is 0 Å². The third-order valence-electron chi connectivity index (χ3n) is 2.65. The number of carbonyl (C=O) groups excluding carboxylic acids is 1. The lowest BCUT2D eigenvalue weighted by Gasteiger charge is -2.16. The molecule has 0 fully saturated rings. The molecular formula is C13H17NO4. The molecule has 0 spiro atoms. The molecule has 18 heavy (non-hydrogen) atoms. The molecule has 0 aromatic carbocycles. The molecule has 98 valence electrons. The maximum Gasteiger partial charge on any atom is 0.226 e. The molecule has 0 saturated heterocycles. The SMILES string of the molecule is CC(C)=CC(c1ccco1)C(CCC=O)[N+](=O)[O-]. The maximum atomic E-state index is 11.1. The Bertz CT molecular complexity index is 418. The Labute approximate surface area is 106 Å². The van der Waals surface area contributed by atoms with Gasteiger partial charge in [-0.05, 0) is 26.0 Å². The fourth-order valence-corrected chi connectivity index (χ4v) is 1.88. The van der Waals surface area contributed by atoms with Gasteiger partial charge in [0.25, 0.3) is 0 Å². The first kappa shape index (κ1) is 14.2. The van der Waals surface area contributed by atoms with Crippen molar-refractivity contribution >= 4 is 6.29 Å². The van der Waals surface area contributed by atoms with Crippen molar-refractivity contribution in [2.45, 2.75) is 38.6 Å². The van der Waals surface area contributed by atoms with Gasteiger partial charge in [0.15, 0.2) is 0 Å². The van der Waals surface area contributed by atoms with Gasteiger partial charge in [0.1, 0.15) is 18.0 Å². The Morgan fingerprint density at radius 1 is 1.56 bits per heavy atom. The standard InChI is InChI=1S/C13H17NO4/c1-10(2)9-11(13-6-4-8-18-13)12(14(16)17)5-3-7-15/h4,6-9,11-12H,3,5H2,1-2H3. The van der Waals surface area contributed by atoms with E-state index in [9.17, 15) is 14.9 Å². The van der Waals surface area contributed by atoms with Crippen molar-refractivity contribution in [1.82, 2.24) is 0 Å². The third-order valence-corrected chi connectivity index (χ3v) is 2.65. The van der Waals surface area contributed by atoms with Crippen molar-refractivity contribution in [2.75, 3.05) is 0 Å². The van der Waals surface area contributed by atoms with Gasteiger partial charge >= 0.3 is 0 Å². The zero-order valence-electron chi connectivity index (χ0n) is 10.5. The lowest BCUT2D eigenvalue weighted by molar-refractivity contribution is -0.526. The summed E-state index contributed by atoms with van der Waals surface area (Å²) in [7, 11) is 0. The van der Waals surface area contributed by atoms with Gasteiger partial charge < -0.3 is 9.21 Å². The second-order valence-electron chi connectivity index (χ2n) is 4.38. The summed E-state index contributed by atoms with van der Waals surface area (Å²) >= 11 is 0. The summed E-state index contributed by atoms with van der Waals surface area (Å²) < 4.78 is 5.27. The highest BCUT2D eigenvalue weighted by atomic mass is 16.6. The van der Waals surface area contributed by atoms with Crippen molar-refractivity contribution < 1.29 is 14.1 Å². The fraction of sp³-hybridized carbons (Fsp3) is 0.462. The minimum atomic E-state index is -0.837. The van der Waals surface area contributed by atoms with Crippen LogP contribution in [0.15, 0.2) is 34.5 Å². The summed E-state index contributed by atoms with van der Waals surface area (Å²) in [6, 6.07) is 2.59. The van der Waals surface area contributed by atoms with E-state index in [2.05, 4.69) is 0 Å². The number of furan rings is 1. The van der Waals surface area contributed by atoms with Gasteiger partial charge in [0, 0.05) is 17.8 Å². The molecule has 0 aliphatic heterocycles. The Morgan fingerprint density at radius 3 is 2.72 bits per heavy atom. The third kappa shape index (κ3) is 3.84. The highest BCUT2D eigenvalue weighted by Crippen LogP contribution is 2.27. The number of allylic oxidation sites excluding steroid dienone is 1. The summed E-state index contributed by atoms with van der Waals surface area (Å²) in [5.41, 5.74) is 0.981. The van der Waals surface area contributed by atoms with Crippen LogP contribution in [-0.4, -0.2) is 17.3 Å². The molecule has 0 amide bonds. The normalized spacial score (nSPS) is 13.7. The van der Waals surface area contributed by atoms with Crippen LogP contribution in [0, 0.1) is 10.1 Å². The lowest BCUT2D eigenvalue weighted by atomic mass is 9.92. The van der Waals surface area contributed by atoms with E-state index in [0.717, 1.165) is 5.57 Å². The monoisotopic (exact) mass is 251 g/mol. The molecule has 0 N–H and O–H groups in total. The van der Waals surface area contributed by atoms with Crippen LogP contribution < -0.4 is 0 Å². The quantitative estimate of drug-likeness (QED) is 0.323. The van der Waals surface area contributed by atoms with Gasteiger partial charge in [-0.3, -0.25) is 10.1 Å². The first-order chi connectivity index (χ1) is 8.56. The Balaban J connectivity index is 3.02. The molecule has 1 aromatic heterocycles. The second kappa shape index (κ2) is 6.74. The van der Waals surface area contributed by atoms with E-state index in [0.29, 0.717) is 12.0 Å². The van der Waals surface area contributed by atoms with E-state index in [1.54, 1.807) is 12.1 Å². The van der Waals surface area contributed by atoms with Crippen LogP contribution in [-0.2, 0) is 4.79 Å². The summed E-state index contributed by atoms with van der Waals surface area (Å²) in [6.45, 7) is 3.76. The predicted molar refractivity (Wildman–Crippen MR) is 67.0 cm³/mol. The van der Waals surface area contributed by atoms with Crippen LogP contribution >= 0.6 is 0 Å². The summed E-state index contributed by atoms with van der Waals surface area (Å²) in [5, 5.41) is 11.1. The van der Waals surface area contributed by atoms with E-state index < -0.39 is 12.0 Å². The Hall–Kier alpha value is -1.91. The first-order valence-corrected chi connectivity index (χ1v) is 5.81. The van der Waals surface area contributed by atoms with E-state index >= 15 is 0 Å². The summed E-state index contributed by atoms with van der Waals surface area (Å²) in [6.07, 6.45) is 4.41. The van der Waals surface area contributed by atoms with E-state index in [1.165, 1.54) is 6.26 Å². The Kier molecular flexibility index (Phi) is 5.30. The number of rotatable bonds is 7. The van der Waals surface area contributed by atoms with Gasteiger partial charge in [-0.1, -0.05) is 11.6 Å². The maximum absolute atomic E-state index is 11.1. The molecular weight excluding hydrogens is 234 g/mol. The van der Waals surface area contributed by atoms with Crippen LogP contribution in [0.4, 0.5) is 0 Å². The number of aldehydes is 1. The molecule has 5 heteroatoms. The summed E-state index contributed by atoms with van der Waals surface area (Å²) in [5.74, 6) is 0.128. The van der Waals surface area contributed by atoms with Crippen LogP contribution in [0.3, 0.4) is 0 Å². The molecule has 2 unspecified atom stereocenters. The van der Waals surface area contributed by atoms with Crippen molar-refractivity contribution in [1.29, 1.82) is 0 Å². The van der Waals surface area contributed by atoms with Crippen molar-refractivity contribution in [3.63, 3.8) is 0 Å². The average molecular weight is 251 g/mol. The van der Waals surface area contributed by atoms with Gasteiger partial charge in [-0.25, -0.2) is 0 Å². The molecule has 0 radical (unpaired) electrons. The van der Waals surface area contributed by atoms with Gasteiger partial charge in [-0.15, -0.1) is 0 Å². The lowest BCUT2D eigenvalue weighted by Crippen LogP contribution is -2.26. The van der Waals surface area contributed by atoms with Crippen molar-refractivity contribution in [3.8, 4) is 0 Å². The molecule has 1 aromatic rings. The van der Waals surface area contributed by atoms with Crippen LogP contribution in [0.2, 0.25) is 0 Å². The van der Waals surface area contributed by atoms with E-state index in [-0.39, 0.29) is 17.8 Å². The molecule has 0 aliphatic rings. The van der Waals surface area contributed by atoms with Gasteiger partial charge in [0.05, 0.1) is 6.26 Å². The minimum absolute atomic E-state index is 0.180. The average Bonchev–Trinajstić information content (AvgIpc) is 2.80. The molecule has 1 rings (SSSR count). The van der Waals surface area contributed by atoms with E-state index in [4.69, 9.17) is 4.42 Å². The zero-order valence-corrected chi connectivity index (χ0v) is 10.5. The first-order valence-electron chi connectivity index (χ1n) is 5.81. The number of carbonyl (C=O) groups is 1. The molecule has 5 nitrogen and oxygen atoms in total. The van der Waals surface area contributed by atoms with Crippen molar-refractivity contribution in [3.05, 3.63) is 45.9 Å².